The van der Waals surface area contributed by atoms with Gasteiger partial charge >= 0.3 is 0 Å². The molecule has 0 unspecified atom stereocenters. The number of hydrogen-bond acceptors (Lipinski definition) is 5. The lowest BCUT2D eigenvalue weighted by molar-refractivity contribution is -0.142. The van der Waals surface area contributed by atoms with Crippen LogP contribution in [0.1, 0.15) is 67.9 Å². The van der Waals surface area contributed by atoms with Crippen molar-refractivity contribution in [2.45, 2.75) is 65.1 Å². The van der Waals surface area contributed by atoms with Gasteiger partial charge in [0.2, 0.25) is 5.91 Å². The highest BCUT2D eigenvalue weighted by molar-refractivity contribution is 5.94. The molecule has 38 heavy (non-hydrogen) atoms. The number of rotatable bonds is 7. The largest absolute Gasteiger partial charge is 0.497 e. The minimum atomic E-state index is -0.625. The molecule has 0 aromatic heterocycles. The van der Waals surface area contributed by atoms with Crippen LogP contribution in [0.3, 0.4) is 0 Å². The topological polar surface area (TPSA) is 111 Å². The van der Waals surface area contributed by atoms with Gasteiger partial charge in [0, 0.05) is 24.1 Å². The number of benzene rings is 2. The van der Waals surface area contributed by atoms with Crippen LogP contribution in [0, 0.1) is 40.4 Å². The Morgan fingerprint density at radius 3 is 2.42 bits per heavy atom. The average molecular weight is 518 g/mol. The molecule has 4 rings (SSSR count). The van der Waals surface area contributed by atoms with Gasteiger partial charge < -0.3 is 20.5 Å². The van der Waals surface area contributed by atoms with Crippen molar-refractivity contribution in [3.8, 4) is 11.8 Å². The van der Waals surface area contributed by atoms with E-state index < -0.39 is 6.10 Å². The summed E-state index contributed by atoms with van der Waals surface area (Å²) < 4.78 is 5.20. The number of nitrogens with one attached hydrogen (secondary N) is 2. The molecule has 202 valence electrons. The molecule has 0 aliphatic heterocycles. The third-order valence-corrected chi connectivity index (χ3v) is 9.16. The minimum Gasteiger partial charge on any atom is -0.497 e. The maximum absolute atomic E-state index is 13.1. The maximum atomic E-state index is 13.1. The van der Waals surface area contributed by atoms with Crippen molar-refractivity contribution in [2.75, 3.05) is 7.11 Å². The Morgan fingerprint density at radius 1 is 1.13 bits per heavy atom. The first-order valence-corrected chi connectivity index (χ1v) is 13.6. The molecule has 2 aliphatic rings. The van der Waals surface area contributed by atoms with Gasteiger partial charge in [0.1, 0.15) is 5.75 Å². The second kappa shape index (κ2) is 11.6. The molecule has 0 heterocycles. The average Bonchev–Trinajstić information content (AvgIpc) is 2.93. The summed E-state index contributed by atoms with van der Waals surface area (Å²) in [6, 6.07) is 16.2. The number of carbonyl (C=O) groups excluding carboxylic acids is 2. The second-order valence-electron chi connectivity index (χ2n) is 11.4. The van der Waals surface area contributed by atoms with Gasteiger partial charge in [-0.25, -0.2) is 0 Å². The zero-order chi connectivity index (χ0) is 27.4. The highest BCUT2D eigenvalue weighted by Crippen LogP contribution is 2.55. The van der Waals surface area contributed by atoms with Crippen molar-refractivity contribution in [1.29, 1.82) is 5.26 Å². The number of nitriles is 1. The van der Waals surface area contributed by atoms with Crippen LogP contribution in [0.4, 0.5) is 0 Å². The Bertz CT molecular complexity index is 1170. The van der Waals surface area contributed by atoms with Crippen LogP contribution in [0.5, 0.6) is 5.75 Å². The van der Waals surface area contributed by atoms with E-state index in [1.165, 1.54) is 0 Å². The van der Waals surface area contributed by atoms with Crippen LogP contribution >= 0.6 is 0 Å². The number of methoxy groups -OCH3 is 1. The lowest BCUT2D eigenvalue weighted by Crippen LogP contribution is -2.58. The molecule has 2 fully saturated rings. The van der Waals surface area contributed by atoms with Crippen molar-refractivity contribution in [3.63, 3.8) is 0 Å². The van der Waals surface area contributed by atoms with E-state index in [0.717, 1.165) is 37.0 Å². The van der Waals surface area contributed by atoms with Crippen LogP contribution in [0.2, 0.25) is 0 Å². The number of fused-ring (bicyclic) bond motifs is 1. The van der Waals surface area contributed by atoms with E-state index in [1.54, 1.807) is 31.4 Å². The normalized spacial score (nSPS) is 29.3. The summed E-state index contributed by atoms with van der Waals surface area (Å²) in [4.78, 5) is 26.0. The number of aliphatic hydroxyl groups excluding tert-OH is 1. The molecular weight excluding hydrogens is 478 g/mol. The van der Waals surface area contributed by atoms with Crippen LogP contribution in [-0.4, -0.2) is 36.2 Å². The van der Waals surface area contributed by atoms with Crippen LogP contribution < -0.4 is 15.4 Å². The summed E-state index contributed by atoms with van der Waals surface area (Å²) in [6.07, 6.45) is 2.91. The van der Waals surface area contributed by atoms with Crippen LogP contribution in [0.15, 0.2) is 48.5 Å². The van der Waals surface area contributed by atoms with E-state index in [2.05, 4.69) is 30.6 Å². The molecule has 2 aliphatic carbocycles. The Labute approximate surface area is 225 Å². The third kappa shape index (κ3) is 5.71. The van der Waals surface area contributed by atoms with Gasteiger partial charge in [-0.05, 0) is 90.8 Å². The molecule has 7 nitrogen and oxygen atoms in total. The molecule has 0 radical (unpaired) electrons. The molecule has 2 amide bonds. The SMILES string of the molecule is COc1ccc(CNC(=O)[C@@H](C)[C@@H]2CC[C@@]3(C)CC[C@H](NC(=O)c4ccc(C#N)cc4)[C@@H](C)[C@@H]3[C@H]2O)cc1. The first kappa shape index (κ1) is 27.7. The highest BCUT2D eigenvalue weighted by atomic mass is 16.5. The molecule has 0 spiro atoms. The van der Waals surface area contributed by atoms with Crippen LogP contribution in [-0.2, 0) is 11.3 Å². The maximum Gasteiger partial charge on any atom is 0.251 e. The number of ether oxygens (including phenoxy) is 1. The Hall–Kier alpha value is -3.37. The van der Waals surface area contributed by atoms with Gasteiger partial charge in [-0.2, -0.15) is 5.26 Å². The summed E-state index contributed by atoms with van der Waals surface area (Å²) in [5, 5.41) is 26.9. The fraction of sp³-hybridized carbons (Fsp3) is 0.516. The van der Waals surface area contributed by atoms with Crippen molar-refractivity contribution in [2.24, 2.45) is 29.1 Å². The van der Waals surface area contributed by atoms with E-state index in [0.29, 0.717) is 17.7 Å². The van der Waals surface area contributed by atoms with Crippen molar-refractivity contribution < 1.29 is 19.4 Å². The molecule has 2 aromatic carbocycles. The first-order chi connectivity index (χ1) is 18.2. The van der Waals surface area contributed by atoms with Gasteiger partial charge in [0.15, 0.2) is 0 Å². The monoisotopic (exact) mass is 517 g/mol. The molecule has 2 aromatic rings. The lowest BCUT2D eigenvalue weighted by atomic mass is 9.51. The molecule has 7 heteroatoms. The van der Waals surface area contributed by atoms with Gasteiger partial charge in [0.25, 0.3) is 5.91 Å². The van der Waals surface area contributed by atoms with E-state index in [-0.39, 0.29) is 46.9 Å². The number of amides is 2. The summed E-state index contributed by atoms with van der Waals surface area (Å²) in [6.45, 7) is 6.71. The van der Waals surface area contributed by atoms with Gasteiger partial charge in [-0.1, -0.05) is 32.9 Å². The third-order valence-electron chi connectivity index (χ3n) is 9.16. The Balaban J connectivity index is 1.40. The van der Waals surface area contributed by atoms with Gasteiger partial charge in [0.05, 0.1) is 24.8 Å². The van der Waals surface area contributed by atoms with Crippen molar-refractivity contribution >= 4 is 11.8 Å². The zero-order valence-corrected chi connectivity index (χ0v) is 22.7. The number of hydrogen-bond donors (Lipinski definition) is 3. The fourth-order valence-electron chi connectivity index (χ4n) is 6.73. The molecule has 7 atom stereocenters. The summed E-state index contributed by atoms with van der Waals surface area (Å²) >= 11 is 0. The predicted molar refractivity (Wildman–Crippen MR) is 145 cm³/mol. The lowest BCUT2D eigenvalue weighted by Gasteiger charge is -2.56. The molecule has 0 saturated heterocycles. The predicted octanol–water partition coefficient (Wildman–Crippen LogP) is 4.44. The summed E-state index contributed by atoms with van der Waals surface area (Å²) in [5.74, 6) is 0.134. The van der Waals surface area contributed by atoms with E-state index in [1.807, 2.05) is 31.2 Å². The smallest absolute Gasteiger partial charge is 0.251 e. The second-order valence-corrected chi connectivity index (χ2v) is 11.4. The summed E-state index contributed by atoms with van der Waals surface area (Å²) in [5.41, 5.74) is 2.00. The standard InChI is InChI=1S/C31H39N3O4/c1-19(29(36)33-18-22-7-11-24(38-4)12-8-22)25-13-15-31(3)16-14-26(20(2)27(31)28(25)35)34-30(37)23-9-5-21(17-32)6-10-23/h5-12,19-20,25-28,35H,13-16,18H2,1-4H3,(H,33,36)(H,34,37)/t19-,20+,25-,26-,27+,28-,31-/m0/s1. The number of nitrogens with zero attached hydrogens (tertiary/aromatic N) is 1. The quantitative estimate of drug-likeness (QED) is 0.503. The Kier molecular flexibility index (Phi) is 8.42. The van der Waals surface area contributed by atoms with Crippen LogP contribution in [0.25, 0.3) is 0 Å². The molecule has 3 N–H and O–H groups in total. The number of carbonyl (C=O) groups is 2. The molecular formula is C31H39N3O4. The van der Waals surface area contributed by atoms with Gasteiger partial charge in [-0.15, -0.1) is 0 Å². The fourth-order valence-corrected chi connectivity index (χ4v) is 6.73. The van der Waals surface area contributed by atoms with Gasteiger partial charge in [-0.3, -0.25) is 9.59 Å². The van der Waals surface area contributed by atoms with Crippen molar-refractivity contribution in [1.82, 2.24) is 10.6 Å². The zero-order valence-electron chi connectivity index (χ0n) is 22.7. The molecule has 2 saturated carbocycles. The molecule has 0 bridgehead atoms. The van der Waals surface area contributed by atoms with E-state index >= 15 is 0 Å². The minimum absolute atomic E-state index is 0.0156. The van der Waals surface area contributed by atoms with Crippen molar-refractivity contribution in [3.05, 3.63) is 65.2 Å². The number of aliphatic hydroxyl groups is 1. The summed E-state index contributed by atoms with van der Waals surface area (Å²) in [7, 11) is 1.62. The highest BCUT2D eigenvalue weighted by Gasteiger charge is 2.53. The van der Waals surface area contributed by atoms with E-state index in [4.69, 9.17) is 10.00 Å². The first-order valence-electron chi connectivity index (χ1n) is 13.6. The van der Waals surface area contributed by atoms with E-state index in [9.17, 15) is 14.7 Å². The Morgan fingerprint density at radius 2 is 1.79 bits per heavy atom.